The summed E-state index contributed by atoms with van der Waals surface area (Å²) in [6, 6.07) is 28.0. The van der Waals surface area contributed by atoms with Gasteiger partial charge in [0.25, 0.3) is 17.5 Å². The molecule has 4 aromatic rings. The van der Waals surface area contributed by atoms with Crippen LogP contribution in [-0.2, 0) is 4.79 Å². The maximum Gasteiger partial charge on any atom is 0.276 e. The molecule has 10 heteroatoms. The van der Waals surface area contributed by atoms with Crippen molar-refractivity contribution in [3.05, 3.63) is 136 Å². The van der Waals surface area contributed by atoms with Crippen molar-refractivity contribution in [2.45, 2.75) is 4.90 Å². The van der Waals surface area contributed by atoms with Gasteiger partial charge >= 0.3 is 0 Å². The average molecular weight is 568 g/mol. The van der Waals surface area contributed by atoms with Gasteiger partial charge in [-0.25, -0.2) is 0 Å². The number of nitro groups is 1. The van der Waals surface area contributed by atoms with Crippen LogP contribution in [0.25, 0.3) is 6.08 Å². The molecule has 0 saturated heterocycles. The second-order valence-corrected chi connectivity index (χ2v) is 9.66. The Morgan fingerprint density at radius 3 is 2.17 bits per heavy atom. The number of anilines is 1. The minimum absolute atomic E-state index is 0.0334. The molecule has 0 aromatic heterocycles. The van der Waals surface area contributed by atoms with Crippen LogP contribution in [0.2, 0.25) is 0 Å². The first-order valence-electron chi connectivity index (χ1n) is 12.4. The number of nitro benzene ring substituents is 1. The van der Waals surface area contributed by atoms with Gasteiger partial charge < -0.3 is 15.4 Å². The van der Waals surface area contributed by atoms with Crippen LogP contribution in [0.4, 0.5) is 11.4 Å². The molecular weight excluding hydrogens is 542 g/mol. The van der Waals surface area contributed by atoms with Crippen LogP contribution in [0.1, 0.15) is 26.3 Å². The van der Waals surface area contributed by atoms with Gasteiger partial charge in [0.15, 0.2) is 5.78 Å². The number of benzene rings is 4. The molecule has 0 aliphatic carbocycles. The van der Waals surface area contributed by atoms with Crippen LogP contribution in [-0.4, -0.2) is 35.4 Å². The highest BCUT2D eigenvalue weighted by Crippen LogP contribution is 2.24. The quantitative estimate of drug-likeness (QED) is 0.0749. The second kappa shape index (κ2) is 13.7. The zero-order valence-electron chi connectivity index (χ0n) is 21.9. The molecule has 4 aromatic carbocycles. The third kappa shape index (κ3) is 7.90. The van der Waals surface area contributed by atoms with Gasteiger partial charge in [-0.05, 0) is 72.8 Å². The van der Waals surface area contributed by atoms with Gasteiger partial charge in [0, 0.05) is 27.8 Å². The first kappa shape index (κ1) is 28.8. The topological polar surface area (TPSA) is 128 Å². The molecule has 0 aliphatic rings. The molecule has 0 saturated carbocycles. The lowest BCUT2D eigenvalue weighted by molar-refractivity contribution is -0.385. The molecule has 0 bridgehead atoms. The normalized spacial score (nSPS) is 10.9. The Morgan fingerprint density at radius 2 is 1.51 bits per heavy atom. The maximum absolute atomic E-state index is 13.2. The van der Waals surface area contributed by atoms with Crippen LogP contribution < -0.4 is 15.4 Å². The van der Waals surface area contributed by atoms with E-state index in [0.717, 1.165) is 4.90 Å². The highest BCUT2D eigenvalue weighted by molar-refractivity contribution is 8.00. The van der Waals surface area contributed by atoms with Crippen molar-refractivity contribution in [2.75, 3.05) is 18.2 Å². The van der Waals surface area contributed by atoms with Gasteiger partial charge in [-0.3, -0.25) is 24.5 Å². The Bertz CT molecular complexity index is 1590. The van der Waals surface area contributed by atoms with E-state index in [2.05, 4.69) is 10.6 Å². The third-order valence-electron chi connectivity index (χ3n) is 5.86. The molecule has 0 fully saturated rings. The number of nitrogens with zero attached hydrogens (tertiary/aromatic N) is 1. The molecule has 4 rings (SSSR count). The summed E-state index contributed by atoms with van der Waals surface area (Å²) in [5.74, 6) is -0.339. The smallest absolute Gasteiger partial charge is 0.276 e. The van der Waals surface area contributed by atoms with Gasteiger partial charge in [0.05, 0.1) is 23.3 Å². The molecule has 41 heavy (non-hydrogen) atoms. The summed E-state index contributed by atoms with van der Waals surface area (Å²) in [4.78, 5) is 50.3. The van der Waals surface area contributed by atoms with E-state index in [-0.39, 0.29) is 28.5 Å². The number of thioether (sulfide) groups is 1. The summed E-state index contributed by atoms with van der Waals surface area (Å²) in [6.45, 7) is 0. The first-order chi connectivity index (χ1) is 19.8. The molecule has 206 valence electrons. The Labute approximate surface area is 240 Å². The van der Waals surface area contributed by atoms with Crippen molar-refractivity contribution < 1.29 is 24.0 Å². The number of hydrogen-bond acceptors (Lipinski definition) is 7. The molecule has 0 aliphatic heterocycles. The van der Waals surface area contributed by atoms with Crippen molar-refractivity contribution >= 4 is 46.8 Å². The summed E-state index contributed by atoms with van der Waals surface area (Å²) in [5, 5.41) is 16.8. The van der Waals surface area contributed by atoms with Gasteiger partial charge in [-0.1, -0.05) is 30.3 Å². The van der Waals surface area contributed by atoms with Crippen LogP contribution in [0.3, 0.4) is 0 Å². The summed E-state index contributed by atoms with van der Waals surface area (Å²) < 4.78 is 5.12. The predicted octanol–water partition coefficient (Wildman–Crippen LogP) is 5.99. The number of ketones is 1. The third-order valence-corrected chi connectivity index (χ3v) is 6.87. The number of carbonyl (C=O) groups excluding carboxylic acids is 3. The fourth-order valence-corrected chi connectivity index (χ4v) is 4.51. The van der Waals surface area contributed by atoms with Crippen LogP contribution in [0, 0.1) is 10.1 Å². The summed E-state index contributed by atoms with van der Waals surface area (Å²) in [7, 11) is 1.56. The summed E-state index contributed by atoms with van der Waals surface area (Å²) in [5.41, 5.74) is 1.11. The van der Waals surface area contributed by atoms with E-state index in [4.69, 9.17) is 4.74 Å². The van der Waals surface area contributed by atoms with Crippen molar-refractivity contribution in [3.63, 3.8) is 0 Å². The largest absolute Gasteiger partial charge is 0.497 e. The monoisotopic (exact) mass is 567 g/mol. The van der Waals surface area contributed by atoms with Crippen molar-refractivity contribution in [1.82, 2.24) is 5.32 Å². The number of methoxy groups -OCH3 is 1. The zero-order chi connectivity index (χ0) is 29.2. The number of carbonyl (C=O) groups is 3. The van der Waals surface area contributed by atoms with Crippen molar-refractivity contribution in [1.29, 1.82) is 0 Å². The van der Waals surface area contributed by atoms with Crippen molar-refractivity contribution in [3.8, 4) is 5.75 Å². The minimum atomic E-state index is -0.664. The molecule has 2 amide bonds. The molecule has 0 heterocycles. The number of ether oxygens (including phenoxy) is 1. The van der Waals surface area contributed by atoms with E-state index in [0.29, 0.717) is 22.6 Å². The molecule has 0 atom stereocenters. The number of Topliss-reactive ketones (excluding diaryl/α,β-unsaturated/α-hetero) is 1. The van der Waals surface area contributed by atoms with Crippen LogP contribution in [0.5, 0.6) is 5.75 Å². The van der Waals surface area contributed by atoms with E-state index in [1.54, 1.807) is 92.0 Å². The van der Waals surface area contributed by atoms with Crippen LogP contribution >= 0.6 is 11.8 Å². The number of rotatable bonds is 11. The lowest BCUT2D eigenvalue weighted by atomic mass is 10.1. The van der Waals surface area contributed by atoms with Crippen molar-refractivity contribution in [2.24, 2.45) is 0 Å². The average Bonchev–Trinajstić information content (AvgIpc) is 3.00. The van der Waals surface area contributed by atoms with E-state index >= 15 is 0 Å². The molecular formula is C31H25N3O6S. The number of nitrogens with one attached hydrogen (secondary N) is 2. The fourth-order valence-electron chi connectivity index (χ4n) is 3.72. The lowest BCUT2D eigenvalue weighted by Crippen LogP contribution is -2.30. The standard InChI is InChI=1S/C31H25N3O6S/c1-40-25-15-11-21(12-16-25)29(35)20-41-26-17-13-24(14-18-26)32-31(37)27(33-30(36)22-7-3-2-4-8-22)19-23-9-5-6-10-28(23)34(38)39/h2-19H,20H2,1H3,(H,32,37)(H,33,36)/b27-19-. The Balaban J connectivity index is 1.47. The number of hydrogen-bond donors (Lipinski definition) is 2. The van der Waals surface area contributed by atoms with Gasteiger partial charge in [0.2, 0.25) is 0 Å². The molecule has 0 unspecified atom stereocenters. The molecule has 0 radical (unpaired) electrons. The predicted molar refractivity (Wildman–Crippen MR) is 158 cm³/mol. The fraction of sp³-hybridized carbons (Fsp3) is 0.0645. The van der Waals surface area contributed by atoms with E-state index < -0.39 is 16.7 Å². The van der Waals surface area contributed by atoms with E-state index in [1.807, 2.05) is 0 Å². The molecule has 2 N–H and O–H groups in total. The SMILES string of the molecule is COc1ccc(C(=O)CSc2ccc(NC(=O)/C(=C/c3ccccc3[N+](=O)[O-])NC(=O)c3ccccc3)cc2)cc1. The summed E-state index contributed by atoms with van der Waals surface area (Å²) >= 11 is 1.35. The molecule has 9 nitrogen and oxygen atoms in total. The molecule has 0 spiro atoms. The highest BCUT2D eigenvalue weighted by atomic mass is 32.2. The highest BCUT2D eigenvalue weighted by Gasteiger charge is 2.18. The minimum Gasteiger partial charge on any atom is -0.497 e. The van der Waals surface area contributed by atoms with Gasteiger partial charge in [-0.2, -0.15) is 0 Å². The zero-order valence-corrected chi connectivity index (χ0v) is 22.7. The van der Waals surface area contributed by atoms with Crippen LogP contribution in [0.15, 0.2) is 114 Å². The van der Waals surface area contributed by atoms with Gasteiger partial charge in [-0.15, -0.1) is 11.8 Å². The maximum atomic E-state index is 13.2. The first-order valence-corrected chi connectivity index (χ1v) is 13.4. The number of para-hydroxylation sites is 1. The summed E-state index contributed by atoms with van der Waals surface area (Å²) in [6.07, 6.45) is 1.27. The number of amides is 2. The van der Waals surface area contributed by atoms with E-state index in [9.17, 15) is 24.5 Å². The second-order valence-electron chi connectivity index (χ2n) is 8.61. The Kier molecular flexibility index (Phi) is 9.63. The lowest BCUT2D eigenvalue weighted by Gasteiger charge is -2.12. The Morgan fingerprint density at radius 1 is 0.854 bits per heavy atom. The van der Waals surface area contributed by atoms with Gasteiger partial charge in [0.1, 0.15) is 11.4 Å². The Hall–Kier alpha value is -5.22. The van der Waals surface area contributed by atoms with E-state index in [1.165, 1.54) is 36.0 Å².